The minimum absolute atomic E-state index is 0.140. The van der Waals surface area contributed by atoms with Crippen molar-refractivity contribution in [3.63, 3.8) is 0 Å². The van der Waals surface area contributed by atoms with Crippen LogP contribution in [0.25, 0.3) is 0 Å². The number of carbonyl (C=O) groups excluding carboxylic acids is 1. The van der Waals surface area contributed by atoms with Gasteiger partial charge >= 0.3 is 5.97 Å². The molecular weight excluding hydrogens is 232 g/mol. The van der Waals surface area contributed by atoms with Crippen molar-refractivity contribution in [2.75, 3.05) is 30.3 Å². The highest BCUT2D eigenvalue weighted by Crippen LogP contribution is 2.31. The fourth-order valence-electron chi connectivity index (χ4n) is 2.59. The van der Waals surface area contributed by atoms with Crippen LogP contribution in [0.4, 0.5) is 11.6 Å². The average molecular weight is 250 g/mol. The molecule has 98 valence electrons. The molecule has 0 saturated heterocycles. The van der Waals surface area contributed by atoms with Crippen molar-refractivity contribution < 1.29 is 9.53 Å². The summed E-state index contributed by atoms with van der Waals surface area (Å²) in [5.74, 6) is 1.75. The zero-order valence-electron chi connectivity index (χ0n) is 10.5. The third-order valence-electron chi connectivity index (χ3n) is 3.48. The maximum atomic E-state index is 11.7. The Morgan fingerprint density at radius 1 is 1.56 bits per heavy atom. The van der Waals surface area contributed by atoms with Crippen LogP contribution in [0.2, 0.25) is 0 Å². The summed E-state index contributed by atoms with van der Waals surface area (Å²) in [5.41, 5.74) is 1.25. The molecule has 0 bridgehead atoms. The third-order valence-corrected chi connectivity index (χ3v) is 3.48. The van der Waals surface area contributed by atoms with Crippen molar-refractivity contribution in [1.29, 1.82) is 0 Å². The monoisotopic (exact) mass is 250 g/mol. The standard InChI is InChI=1S/C12H18N4O2/c1-2-18-12(17)8-6-14-11-9-4-3-5-13-10(9)15-16(11)7-8/h8,14H,2-7H2,1H3,(H,13,15). The number of carbonyl (C=O) groups is 1. The van der Waals surface area contributed by atoms with Gasteiger partial charge in [-0.1, -0.05) is 0 Å². The Morgan fingerprint density at radius 2 is 2.44 bits per heavy atom. The summed E-state index contributed by atoms with van der Waals surface area (Å²) < 4.78 is 6.96. The molecule has 2 aliphatic rings. The van der Waals surface area contributed by atoms with Gasteiger partial charge in [0.15, 0.2) is 5.82 Å². The predicted octanol–water partition coefficient (Wildman–Crippen LogP) is 0.846. The summed E-state index contributed by atoms with van der Waals surface area (Å²) in [6.07, 6.45) is 2.18. The van der Waals surface area contributed by atoms with Gasteiger partial charge in [0.05, 0.1) is 19.1 Å². The van der Waals surface area contributed by atoms with Crippen LogP contribution < -0.4 is 10.6 Å². The van der Waals surface area contributed by atoms with Gasteiger partial charge in [-0.15, -0.1) is 0 Å². The second-order valence-corrected chi connectivity index (χ2v) is 4.72. The molecule has 1 aromatic heterocycles. The maximum absolute atomic E-state index is 11.7. The molecule has 0 radical (unpaired) electrons. The summed E-state index contributed by atoms with van der Waals surface area (Å²) in [7, 11) is 0. The molecule has 0 saturated carbocycles. The SMILES string of the molecule is CCOC(=O)C1CNc2c3c(nn2C1)NCCC3. The Morgan fingerprint density at radius 3 is 3.28 bits per heavy atom. The van der Waals surface area contributed by atoms with Gasteiger partial charge in [-0.25, -0.2) is 4.68 Å². The largest absolute Gasteiger partial charge is 0.466 e. The van der Waals surface area contributed by atoms with Crippen molar-refractivity contribution in [2.45, 2.75) is 26.3 Å². The normalized spacial score (nSPS) is 21.3. The predicted molar refractivity (Wildman–Crippen MR) is 67.7 cm³/mol. The fraction of sp³-hybridized carbons (Fsp3) is 0.667. The van der Waals surface area contributed by atoms with Crippen LogP contribution in [0.5, 0.6) is 0 Å². The molecule has 0 aromatic carbocycles. The number of fused-ring (bicyclic) bond motifs is 3. The number of anilines is 2. The lowest BCUT2D eigenvalue weighted by Crippen LogP contribution is -2.34. The Kier molecular flexibility index (Phi) is 2.85. The van der Waals surface area contributed by atoms with Gasteiger partial charge in [0, 0.05) is 18.7 Å². The van der Waals surface area contributed by atoms with E-state index in [1.807, 2.05) is 11.6 Å². The van der Waals surface area contributed by atoms with Gasteiger partial charge in [-0.05, 0) is 19.8 Å². The number of hydrogen-bond acceptors (Lipinski definition) is 5. The molecule has 0 spiro atoms. The zero-order chi connectivity index (χ0) is 12.5. The van der Waals surface area contributed by atoms with E-state index in [0.717, 1.165) is 31.0 Å². The molecule has 2 N–H and O–H groups in total. The number of nitrogens with one attached hydrogen (secondary N) is 2. The highest BCUT2D eigenvalue weighted by Gasteiger charge is 2.30. The van der Waals surface area contributed by atoms with Crippen molar-refractivity contribution >= 4 is 17.6 Å². The van der Waals surface area contributed by atoms with Gasteiger partial charge in [-0.2, -0.15) is 5.10 Å². The van der Waals surface area contributed by atoms with Crippen LogP contribution in [0, 0.1) is 5.92 Å². The van der Waals surface area contributed by atoms with E-state index in [4.69, 9.17) is 4.74 Å². The molecule has 0 aliphatic carbocycles. The smallest absolute Gasteiger partial charge is 0.312 e. The van der Waals surface area contributed by atoms with Gasteiger partial charge in [0.25, 0.3) is 0 Å². The van der Waals surface area contributed by atoms with Crippen LogP contribution in [-0.2, 0) is 22.5 Å². The fourth-order valence-corrected chi connectivity index (χ4v) is 2.59. The molecule has 1 unspecified atom stereocenters. The molecule has 0 amide bonds. The summed E-state index contributed by atoms with van der Waals surface area (Å²) in [6.45, 7) is 4.48. The number of nitrogens with zero attached hydrogens (tertiary/aromatic N) is 2. The lowest BCUT2D eigenvalue weighted by molar-refractivity contribution is -0.148. The highest BCUT2D eigenvalue weighted by molar-refractivity contribution is 5.74. The molecule has 2 aliphatic heterocycles. The summed E-state index contributed by atoms with van der Waals surface area (Å²) in [4.78, 5) is 11.7. The minimum Gasteiger partial charge on any atom is -0.466 e. The third kappa shape index (κ3) is 1.81. The number of rotatable bonds is 2. The Labute approximate surface area is 106 Å². The molecule has 0 fully saturated rings. The van der Waals surface area contributed by atoms with Gasteiger partial charge in [0.2, 0.25) is 0 Å². The zero-order valence-corrected chi connectivity index (χ0v) is 10.5. The van der Waals surface area contributed by atoms with Crippen molar-refractivity contribution in [1.82, 2.24) is 9.78 Å². The lowest BCUT2D eigenvalue weighted by atomic mass is 10.1. The van der Waals surface area contributed by atoms with E-state index in [9.17, 15) is 4.79 Å². The molecular formula is C12H18N4O2. The molecule has 6 heteroatoms. The van der Waals surface area contributed by atoms with Gasteiger partial charge in [-0.3, -0.25) is 4.79 Å². The van der Waals surface area contributed by atoms with Gasteiger partial charge < -0.3 is 15.4 Å². The molecule has 3 heterocycles. The van der Waals surface area contributed by atoms with E-state index in [-0.39, 0.29) is 11.9 Å². The number of ether oxygens (including phenoxy) is 1. The minimum atomic E-state index is -0.142. The second kappa shape index (κ2) is 4.51. The second-order valence-electron chi connectivity index (χ2n) is 4.72. The van der Waals surface area contributed by atoms with E-state index < -0.39 is 0 Å². The summed E-state index contributed by atoms with van der Waals surface area (Å²) in [5, 5.41) is 11.1. The van der Waals surface area contributed by atoms with Crippen LogP contribution >= 0.6 is 0 Å². The Balaban J connectivity index is 1.81. The first-order chi connectivity index (χ1) is 8.79. The Hall–Kier alpha value is -1.72. The van der Waals surface area contributed by atoms with E-state index in [1.54, 1.807) is 0 Å². The van der Waals surface area contributed by atoms with E-state index in [1.165, 1.54) is 5.56 Å². The van der Waals surface area contributed by atoms with Crippen LogP contribution in [0.15, 0.2) is 0 Å². The quantitative estimate of drug-likeness (QED) is 0.761. The molecule has 1 aromatic rings. The first kappa shape index (κ1) is 11.4. The van der Waals surface area contributed by atoms with E-state index in [2.05, 4.69) is 15.7 Å². The summed E-state index contributed by atoms with van der Waals surface area (Å²) >= 11 is 0. The molecule has 1 atom stereocenters. The van der Waals surface area contributed by atoms with Crippen molar-refractivity contribution in [3.8, 4) is 0 Å². The van der Waals surface area contributed by atoms with E-state index >= 15 is 0 Å². The van der Waals surface area contributed by atoms with Crippen molar-refractivity contribution in [3.05, 3.63) is 5.56 Å². The highest BCUT2D eigenvalue weighted by atomic mass is 16.5. The van der Waals surface area contributed by atoms with Crippen LogP contribution in [0.3, 0.4) is 0 Å². The van der Waals surface area contributed by atoms with Crippen molar-refractivity contribution in [2.24, 2.45) is 5.92 Å². The van der Waals surface area contributed by atoms with Crippen LogP contribution in [0.1, 0.15) is 18.9 Å². The number of aromatic nitrogens is 2. The Bertz CT molecular complexity index is 469. The van der Waals surface area contributed by atoms with E-state index in [0.29, 0.717) is 19.7 Å². The summed E-state index contributed by atoms with van der Waals surface area (Å²) in [6, 6.07) is 0. The average Bonchev–Trinajstić information content (AvgIpc) is 2.76. The van der Waals surface area contributed by atoms with Crippen LogP contribution in [-0.4, -0.2) is 35.4 Å². The van der Waals surface area contributed by atoms with Gasteiger partial charge in [0.1, 0.15) is 5.82 Å². The molecule has 6 nitrogen and oxygen atoms in total. The molecule has 3 rings (SSSR count). The maximum Gasteiger partial charge on any atom is 0.312 e. The topological polar surface area (TPSA) is 68.2 Å². The number of esters is 1. The first-order valence-corrected chi connectivity index (χ1v) is 6.53. The lowest BCUT2D eigenvalue weighted by Gasteiger charge is -2.24. The number of hydrogen-bond donors (Lipinski definition) is 2. The first-order valence-electron chi connectivity index (χ1n) is 6.53. The molecule has 18 heavy (non-hydrogen) atoms.